The highest BCUT2D eigenvalue weighted by atomic mass is 15.4. The lowest BCUT2D eigenvalue weighted by atomic mass is 9.77. The summed E-state index contributed by atoms with van der Waals surface area (Å²) in [5, 5.41) is 2.49. The summed E-state index contributed by atoms with van der Waals surface area (Å²) < 4.78 is 2.35. The van der Waals surface area contributed by atoms with E-state index >= 15 is 0 Å². The molecule has 4 aromatic carbocycles. The van der Waals surface area contributed by atoms with E-state index in [1.807, 2.05) is 6.20 Å². The fraction of sp³-hybridized carbons (Fsp3) is 0.340. The van der Waals surface area contributed by atoms with Crippen LogP contribution in [0.15, 0.2) is 121 Å². The molecule has 0 saturated carbocycles. The summed E-state index contributed by atoms with van der Waals surface area (Å²) in [6, 6.07) is 38.3. The maximum atomic E-state index is 4.92. The van der Waals surface area contributed by atoms with E-state index in [2.05, 4.69) is 200 Å². The van der Waals surface area contributed by atoms with Crippen molar-refractivity contribution in [2.45, 2.75) is 92.4 Å². The van der Waals surface area contributed by atoms with Gasteiger partial charge < -0.3 is 9.80 Å². The van der Waals surface area contributed by atoms with Crippen molar-refractivity contribution in [1.82, 2.24) is 9.55 Å². The SMILES string of the molecule is CC(C)(C)C1=CN(c2cccc(C(C)(C)c3ccc4c5ccccc5n(-c5cc(C(C)(C)C)ccn5)c4c3)c2)CN1c1cccc(C(C)(C)C)c1. The van der Waals surface area contributed by atoms with Crippen LogP contribution < -0.4 is 9.80 Å². The van der Waals surface area contributed by atoms with Gasteiger partial charge in [0.25, 0.3) is 0 Å². The number of aromatic nitrogens is 2. The van der Waals surface area contributed by atoms with E-state index in [1.54, 1.807) is 0 Å². The predicted molar refractivity (Wildman–Crippen MR) is 218 cm³/mol. The van der Waals surface area contributed by atoms with E-state index in [0.717, 1.165) is 12.5 Å². The third-order valence-electron chi connectivity index (χ3n) is 10.8. The summed E-state index contributed by atoms with van der Waals surface area (Å²) in [5.74, 6) is 0.957. The number of anilines is 2. The van der Waals surface area contributed by atoms with Crippen LogP contribution in [0.3, 0.4) is 0 Å². The van der Waals surface area contributed by atoms with Crippen molar-refractivity contribution < 1.29 is 0 Å². The zero-order valence-electron chi connectivity index (χ0n) is 32.5. The van der Waals surface area contributed by atoms with Crippen LogP contribution in [0.2, 0.25) is 0 Å². The lowest BCUT2D eigenvalue weighted by Crippen LogP contribution is -2.31. The smallest absolute Gasteiger partial charge is 0.137 e. The summed E-state index contributed by atoms with van der Waals surface area (Å²) in [6.45, 7) is 26.1. The Labute approximate surface area is 305 Å². The molecule has 4 nitrogen and oxygen atoms in total. The molecule has 4 heteroatoms. The molecule has 0 spiro atoms. The van der Waals surface area contributed by atoms with Crippen LogP contribution in [0, 0.1) is 5.41 Å². The Morgan fingerprint density at radius 1 is 0.510 bits per heavy atom. The van der Waals surface area contributed by atoms with Crippen molar-refractivity contribution in [3.63, 3.8) is 0 Å². The van der Waals surface area contributed by atoms with Crippen LogP contribution in [0.4, 0.5) is 11.4 Å². The van der Waals surface area contributed by atoms with E-state index in [9.17, 15) is 0 Å². The molecule has 7 rings (SSSR count). The molecule has 51 heavy (non-hydrogen) atoms. The van der Waals surface area contributed by atoms with Gasteiger partial charge in [-0.3, -0.25) is 4.57 Å². The molecule has 2 aromatic heterocycles. The fourth-order valence-corrected chi connectivity index (χ4v) is 7.46. The van der Waals surface area contributed by atoms with Crippen LogP contribution in [0.25, 0.3) is 27.6 Å². The number of allylic oxidation sites excluding steroid dienone is 1. The molecule has 0 bridgehead atoms. The third-order valence-corrected chi connectivity index (χ3v) is 10.8. The Kier molecular flexibility index (Phi) is 8.24. The van der Waals surface area contributed by atoms with E-state index in [-0.39, 0.29) is 21.7 Å². The molecular formula is C47H54N4. The molecule has 3 heterocycles. The van der Waals surface area contributed by atoms with Crippen LogP contribution in [0.1, 0.15) is 98.4 Å². The lowest BCUT2D eigenvalue weighted by molar-refractivity contribution is 0.492. The molecule has 0 aliphatic carbocycles. The van der Waals surface area contributed by atoms with Crippen molar-refractivity contribution in [3.8, 4) is 5.82 Å². The largest absolute Gasteiger partial charge is 0.328 e. The summed E-state index contributed by atoms with van der Waals surface area (Å²) in [6.07, 6.45) is 4.31. The Morgan fingerprint density at radius 3 is 1.82 bits per heavy atom. The first-order valence-electron chi connectivity index (χ1n) is 18.4. The van der Waals surface area contributed by atoms with E-state index < -0.39 is 0 Å². The number of pyridine rings is 1. The van der Waals surface area contributed by atoms with Gasteiger partial charge in [-0.15, -0.1) is 0 Å². The minimum atomic E-state index is -0.247. The highest BCUT2D eigenvalue weighted by molar-refractivity contribution is 6.09. The zero-order chi connectivity index (χ0) is 36.5. The second-order valence-corrected chi connectivity index (χ2v) is 18.0. The maximum absolute atomic E-state index is 4.92. The van der Waals surface area contributed by atoms with Crippen LogP contribution >= 0.6 is 0 Å². The van der Waals surface area contributed by atoms with E-state index in [4.69, 9.17) is 4.98 Å². The summed E-state index contributed by atoms with van der Waals surface area (Å²) in [5.41, 5.74) is 11.2. The summed E-state index contributed by atoms with van der Waals surface area (Å²) in [4.78, 5) is 9.82. The number of benzene rings is 4. The first kappa shape index (κ1) is 34.6. The second kappa shape index (κ2) is 12.1. The molecule has 0 N–H and O–H groups in total. The average molecular weight is 675 g/mol. The van der Waals surface area contributed by atoms with Gasteiger partial charge in [0.1, 0.15) is 5.82 Å². The molecule has 0 unspecified atom stereocenters. The van der Waals surface area contributed by atoms with Crippen molar-refractivity contribution in [1.29, 1.82) is 0 Å². The van der Waals surface area contributed by atoms with Crippen molar-refractivity contribution in [2.75, 3.05) is 16.5 Å². The first-order chi connectivity index (χ1) is 23.9. The van der Waals surface area contributed by atoms with Crippen LogP contribution in [-0.4, -0.2) is 16.2 Å². The number of nitrogens with zero attached hydrogens (tertiary/aromatic N) is 4. The average Bonchev–Trinajstić information content (AvgIpc) is 3.68. The third kappa shape index (κ3) is 6.35. The van der Waals surface area contributed by atoms with Gasteiger partial charge in [0, 0.05) is 51.1 Å². The highest BCUT2D eigenvalue weighted by Crippen LogP contribution is 2.42. The molecule has 0 amide bonds. The quantitative estimate of drug-likeness (QED) is 0.182. The number of fused-ring (bicyclic) bond motifs is 3. The van der Waals surface area contributed by atoms with Crippen LogP contribution in [-0.2, 0) is 16.2 Å². The topological polar surface area (TPSA) is 24.3 Å². The highest BCUT2D eigenvalue weighted by Gasteiger charge is 2.33. The van der Waals surface area contributed by atoms with Crippen molar-refractivity contribution in [2.24, 2.45) is 5.41 Å². The maximum Gasteiger partial charge on any atom is 0.137 e. The Hall–Kier alpha value is -4.83. The van der Waals surface area contributed by atoms with Gasteiger partial charge in [-0.1, -0.05) is 131 Å². The molecule has 0 atom stereocenters. The molecule has 262 valence electrons. The van der Waals surface area contributed by atoms with E-state index in [1.165, 1.54) is 61.1 Å². The van der Waals surface area contributed by atoms with Crippen LogP contribution in [0.5, 0.6) is 0 Å². The van der Waals surface area contributed by atoms with Gasteiger partial charge in [0.2, 0.25) is 0 Å². The Morgan fingerprint density at radius 2 is 1.12 bits per heavy atom. The lowest BCUT2D eigenvalue weighted by Gasteiger charge is -2.32. The number of hydrogen-bond acceptors (Lipinski definition) is 3. The minimum Gasteiger partial charge on any atom is -0.328 e. The first-order valence-corrected chi connectivity index (χ1v) is 18.4. The summed E-state index contributed by atoms with van der Waals surface area (Å²) in [7, 11) is 0. The van der Waals surface area contributed by atoms with Gasteiger partial charge in [0.05, 0.1) is 17.7 Å². The van der Waals surface area contributed by atoms with Gasteiger partial charge in [-0.25, -0.2) is 4.98 Å². The number of rotatable bonds is 5. The normalized spacial score (nSPS) is 14.5. The predicted octanol–water partition coefficient (Wildman–Crippen LogP) is 12.3. The monoisotopic (exact) mass is 674 g/mol. The molecule has 0 radical (unpaired) electrons. The minimum absolute atomic E-state index is 0.0154. The Bertz CT molecular complexity index is 2280. The Balaban J connectivity index is 1.29. The van der Waals surface area contributed by atoms with E-state index in [0.29, 0.717) is 0 Å². The van der Waals surface area contributed by atoms with Gasteiger partial charge >= 0.3 is 0 Å². The number of hydrogen-bond donors (Lipinski definition) is 0. The van der Waals surface area contributed by atoms with Gasteiger partial charge in [-0.05, 0) is 81.6 Å². The molecule has 0 fully saturated rings. The summed E-state index contributed by atoms with van der Waals surface area (Å²) >= 11 is 0. The molecule has 0 saturated heterocycles. The van der Waals surface area contributed by atoms with Crippen molar-refractivity contribution in [3.05, 3.63) is 143 Å². The number of para-hydroxylation sites is 1. The fourth-order valence-electron chi connectivity index (χ4n) is 7.46. The van der Waals surface area contributed by atoms with Gasteiger partial charge in [0.15, 0.2) is 0 Å². The molecule has 6 aromatic rings. The zero-order valence-corrected chi connectivity index (χ0v) is 32.5. The second-order valence-electron chi connectivity index (χ2n) is 18.0. The molecule has 1 aliphatic rings. The standard InChI is InChI=1S/C47H54N4/c1-44(2,3)32-16-14-19-37(26-32)50-31-49(30-42(50)46(7,8)9)36-18-15-17-34(27-36)47(10,11)35-22-23-39-38-20-12-13-21-40(38)51(41(39)28-35)43-29-33(24-25-48-43)45(4,5)6/h12-30H,31H2,1-11H3. The van der Waals surface area contributed by atoms with Gasteiger partial charge in [-0.2, -0.15) is 0 Å². The van der Waals surface area contributed by atoms with Crippen molar-refractivity contribution >= 4 is 33.2 Å². The molecular weight excluding hydrogens is 621 g/mol. The molecule has 1 aliphatic heterocycles.